The number of hydrogen-bond acceptors (Lipinski definition) is 3. The van der Waals surface area contributed by atoms with Gasteiger partial charge in [-0.3, -0.25) is 4.79 Å². The lowest BCUT2D eigenvalue weighted by atomic mass is 10.2. The maximum atomic E-state index is 11.8. The number of hydrogen-bond donors (Lipinski definition) is 0. The van der Waals surface area contributed by atoms with Gasteiger partial charge < -0.3 is 9.80 Å². The van der Waals surface area contributed by atoms with Crippen molar-refractivity contribution in [2.75, 3.05) is 32.6 Å². The molecule has 0 aliphatic rings. The molecule has 0 aliphatic carbocycles. The molecule has 0 unspecified atom stereocenters. The van der Waals surface area contributed by atoms with Gasteiger partial charge in [-0.1, -0.05) is 0 Å². The highest BCUT2D eigenvalue weighted by atomic mass is 16.2. The number of anilines is 1. The largest absolute Gasteiger partial charge is 0.378 e. The summed E-state index contributed by atoms with van der Waals surface area (Å²) >= 11 is 0. The highest BCUT2D eigenvalue weighted by Gasteiger charge is 2.10. The summed E-state index contributed by atoms with van der Waals surface area (Å²) in [6.07, 6.45) is 0. The molecular weight excluding hydrogens is 202 g/mol. The maximum Gasteiger partial charge on any atom is 0.254 e. The third kappa shape index (κ3) is 2.74. The number of nitrogens with zero attached hydrogens (tertiary/aromatic N) is 3. The van der Waals surface area contributed by atoms with E-state index in [2.05, 4.69) is 0 Å². The zero-order valence-corrected chi connectivity index (χ0v) is 9.77. The van der Waals surface area contributed by atoms with E-state index in [0.29, 0.717) is 5.56 Å². The molecule has 84 valence electrons. The molecule has 1 rings (SSSR count). The summed E-state index contributed by atoms with van der Waals surface area (Å²) in [5.74, 6) is -0.133. The van der Waals surface area contributed by atoms with Crippen molar-refractivity contribution in [3.05, 3.63) is 29.8 Å². The van der Waals surface area contributed by atoms with Crippen molar-refractivity contribution in [2.45, 2.75) is 0 Å². The highest BCUT2D eigenvalue weighted by molar-refractivity contribution is 5.94. The first-order valence-corrected chi connectivity index (χ1v) is 4.96. The van der Waals surface area contributed by atoms with Crippen LogP contribution in [0.4, 0.5) is 5.69 Å². The summed E-state index contributed by atoms with van der Waals surface area (Å²) in [6.45, 7) is 0.105. The van der Waals surface area contributed by atoms with E-state index in [1.807, 2.05) is 37.2 Å². The Balaban J connectivity index is 2.82. The number of amides is 1. The van der Waals surface area contributed by atoms with Gasteiger partial charge in [0.1, 0.15) is 6.54 Å². The van der Waals surface area contributed by atoms with Crippen molar-refractivity contribution in [1.29, 1.82) is 5.26 Å². The molecule has 0 bridgehead atoms. The Bertz CT molecular complexity index is 403. The van der Waals surface area contributed by atoms with Crippen LogP contribution in [-0.2, 0) is 0 Å². The van der Waals surface area contributed by atoms with Gasteiger partial charge in [0.2, 0.25) is 0 Å². The van der Waals surface area contributed by atoms with Crippen molar-refractivity contribution in [3.8, 4) is 6.07 Å². The van der Waals surface area contributed by atoms with E-state index in [0.717, 1.165) is 5.69 Å². The van der Waals surface area contributed by atoms with Gasteiger partial charge in [-0.15, -0.1) is 0 Å². The molecule has 0 N–H and O–H groups in total. The first-order chi connectivity index (χ1) is 7.56. The van der Waals surface area contributed by atoms with Crippen LogP contribution in [0.2, 0.25) is 0 Å². The summed E-state index contributed by atoms with van der Waals surface area (Å²) in [6, 6.07) is 9.25. The molecule has 1 amide bonds. The molecule has 0 heterocycles. The lowest BCUT2D eigenvalue weighted by molar-refractivity contribution is 0.0812. The Morgan fingerprint density at radius 3 is 2.25 bits per heavy atom. The van der Waals surface area contributed by atoms with Crippen LogP contribution < -0.4 is 4.90 Å². The lowest BCUT2D eigenvalue weighted by Crippen LogP contribution is -2.26. The third-order valence-corrected chi connectivity index (χ3v) is 2.29. The van der Waals surface area contributed by atoms with Crippen LogP contribution in [-0.4, -0.2) is 38.5 Å². The molecule has 4 nitrogen and oxygen atoms in total. The minimum atomic E-state index is -0.133. The van der Waals surface area contributed by atoms with Gasteiger partial charge in [0.15, 0.2) is 0 Å². The van der Waals surface area contributed by atoms with Gasteiger partial charge in [0.25, 0.3) is 5.91 Å². The van der Waals surface area contributed by atoms with Crippen molar-refractivity contribution in [1.82, 2.24) is 4.90 Å². The van der Waals surface area contributed by atoms with Crippen LogP contribution in [0, 0.1) is 11.3 Å². The predicted octanol–water partition coefficient (Wildman–Crippen LogP) is 1.35. The number of carbonyl (C=O) groups excluding carboxylic acids is 1. The quantitative estimate of drug-likeness (QED) is 0.718. The monoisotopic (exact) mass is 217 g/mol. The maximum absolute atomic E-state index is 11.8. The van der Waals surface area contributed by atoms with Gasteiger partial charge in [-0.05, 0) is 24.3 Å². The van der Waals surface area contributed by atoms with Crippen LogP contribution in [0.1, 0.15) is 10.4 Å². The van der Waals surface area contributed by atoms with Crippen LogP contribution in [0.5, 0.6) is 0 Å². The van der Waals surface area contributed by atoms with Crippen molar-refractivity contribution in [3.63, 3.8) is 0 Å². The minimum absolute atomic E-state index is 0.105. The van der Waals surface area contributed by atoms with Gasteiger partial charge in [-0.25, -0.2) is 0 Å². The first-order valence-electron chi connectivity index (χ1n) is 4.96. The van der Waals surface area contributed by atoms with Crippen LogP contribution in [0.3, 0.4) is 0 Å². The van der Waals surface area contributed by atoms with Gasteiger partial charge in [0.05, 0.1) is 6.07 Å². The summed E-state index contributed by atoms with van der Waals surface area (Å²) in [5, 5.41) is 8.50. The summed E-state index contributed by atoms with van der Waals surface area (Å²) in [7, 11) is 5.50. The number of carbonyl (C=O) groups is 1. The van der Waals surface area contributed by atoms with E-state index >= 15 is 0 Å². The number of nitriles is 1. The second-order valence-electron chi connectivity index (χ2n) is 3.76. The third-order valence-electron chi connectivity index (χ3n) is 2.29. The second kappa shape index (κ2) is 5.17. The molecule has 0 saturated carbocycles. The summed E-state index contributed by atoms with van der Waals surface area (Å²) in [5.41, 5.74) is 1.64. The van der Waals surface area contributed by atoms with Gasteiger partial charge in [0, 0.05) is 32.4 Å². The molecule has 0 radical (unpaired) electrons. The normalized spacial score (nSPS) is 9.38. The fraction of sp³-hybridized carbons (Fsp3) is 0.333. The lowest BCUT2D eigenvalue weighted by Gasteiger charge is -2.15. The van der Waals surface area contributed by atoms with E-state index in [1.165, 1.54) is 4.90 Å². The van der Waals surface area contributed by atoms with Crippen LogP contribution >= 0.6 is 0 Å². The minimum Gasteiger partial charge on any atom is -0.378 e. The molecular formula is C12H15N3O. The topological polar surface area (TPSA) is 47.3 Å². The first kappa shape index (κ1) is 12.1. The summed E-state index contributed by atoms with van der Waals surface area (Å²) in [4.78, 5) is 15.1. The van der Waals surface area contributed by atoms with Crippen molar-refractivity contribution in [2.24, 2.45) is 0 Å². The Morgan fingerprint density at radius 2 is 1.81 bits per heavy atom. The second-order valence-corrected chi connectivity index (χ2v) is 3.76. The molecule has 16 heavy (non-hydrogen) atoms. The van der Waals surface area contributed by atoms with Crippen molar-refractivity contribution < 1.29 is 4.79 Å². The van der Waals surface area contributed by atoms with E-state index in [9.17, 15) is 4.79 Å². The molecule has 0 fully saturated rings. The molecule has 0 atom stereocenters. The van der Waals surface area contributed by atoms with Gasteiger partial charge in [-0.2, -0.15) is 5.26 Å². The zero-order chi connectivity index (χ0) is 12.1. The van der Waals surface area contributed by atoms with E-state index in [-0.39, 0.29) is 12.5 Å². The van der Waals surface area contributed by atoms with Crippen LogP contribution in [0.25, 0.3) is 0 Å². The number of benzene rings is 1. The van der Waals surface area contributed by atoms with E-state index in [1.54, 1.807) is 19.2 Å². The molecule has 0 aromatic heterocycles. The number of rotatable bonds is 3. The highest BCUT2D eigenvalue weighted by Crippen LogP contribution is 2.13. The Labute approximate surface area is 95.7 Å². The Morgan fingerprint density at radius 1 is 1.25 bits per heavy atom. The molecule has 0 saturated heterocycles. The average Bonchev–Trinajstić information content (AvgIpc) is 2.28. The summed E-state index contributed by atoms with van der Waals surface area (Å²) < 4.78 is 0. The van der Waals surface area contributed by atoms with Crippen LogP contribution in [0.15, 0.2) is 24.3 Å². The Hall–Kier alpha value is -2.02. The predicted molar refractivity (Wildman–Crippen MR) is 63.3 cm³/mol. The molecule has 0 aliphatic heterocycles. The smallest absolute Gasteiger partial charge is 0.254 e. The molecule has 1 aromatic rings. The molecule has 4 heteroatoms. The average molecular weight is 217 g/mol. The zero-order valence-electron chi connectivity index (χ0n) is 9.77. The fourth-order valence-electron chi connectivity index (χ4n) is 1.30. The fourth-order valence-corrected chi connectivity index (χ4v) is 1.30. The van der Waals surface area contributed by atoms with Gasteiger partial charge >= 0.3 is 0 Å². The van der Waals surface area contributed by atoms with E-state index < -0.39 is 0 Å². The standard InChI is InChI=1S/C12H15N3O/c1-14(2)11-6-4-10(5-7-11)12(16)15(3)9-8-13/h4-7H,9H2,1-3H3. The van der Waals surface area contributed by atoms with E-state index in [4.69, 9.17) is 5.26 Å². The SMILES string of the molecule is CN(CC#N)C(=O)c1ccc(N(C)C)cc1. The molecule has 1 aromatic carbocycles. The van der Waals surface area contributed by atoms with Crippen molar-refractivity contribution >= 4 is 11.6 Å². The Kier molecular flexibility index (Phi) is 3.90. The molecule has 0 spiro atoms.